The Bertz CT molecular complexity index is 144. The van der Waals surface area contributed by atoms with Crippen LogP contribution in [0.15, 0.2) is 0 Å². The summed E-state index contributed by atoms with van der Waals surface area (Å²) >= 11 is 6.21. The molecule has 1 unspecified atom stereocenters. The average Bonchev–Trinajstić information content (AvgIpc) is 1.68. The summed E-state index contributed by atoms with van der Waals surface area (Å²) in [7, 11) is 0. The van der Waals surface area contributed by atoms with Crippen molar-refractivity contribution in [1.29, 1.82) is 0 Å². The number of halogens is 2. The van der Waals surface area contributed by atoms with E-state index >= 15 is 0 Å². The highest BCUT2D eigenvalue weighted by Gasteiger charge is 1.91. The summed E-state index contributed by atoms with van der Waals surface area (Å²) in [6, 6.07) is 0. The van der Waals surface area contributed by atoms with Crippen molar-refractivity contribution in [1.82, 2.24) is 0 Å². The van der Waals surface area contributed by atoms with Crippen LogP contribution in [0.3, 0.4) is 0 Å². The van der Waals surface area contributed by atoms with E-state index in [0.717, 1.165) is 0 Å². The summed E-state index contributed by atoms with van der Waals surface area (Å²) in [4.78, 5) is 2.70. The molecule has 0 nitrogen and oxygen atoms in total. The minimum atomic E-state index is 0.131. The van der Waals surface area contributed by atoms with E-state index in [4.69, 9.17) is 6.42 Å². The first kappa shape index (κ1) is 8.08. The Balaban J connectivity index is 3.47. The molecule has 1 atom stereocenters. The molecule has 0 rings (SSSR count). The maximum Gasteiger partial charge on any atom is 0.0872 e. The van der Waals surface area contributed by atoms with Crippen molar-refractivity contribution in [3.05, 3.63) is 0 Å². The molecule has 0 spiro atoms. The van der Waals surface area contributed by atoms with E-state index in [1.807, 2.05) is 0 Å². The standard InChI is InChI=1S/C6H4Br2/c1-2-3-6(8)4-5-7/h1,6H,3H2. The SMILES string of the molecule is C#CCC(Br)C#CBr. The van der Waals surface area contributed by atoms with Crippen LogP contribution in [-0.2, 0) is 0 Å². The first-order chi connectivity index (χ1) is 3.81. The Morgan fingerprint density at radius 3 is 2.62 bits per heavy atom. The summed E-state index contributed by atoms with van der Waals surface area (Å²) in [5.41, 5.74) is 0. The van der Waals surface area contributed by atoms with Gasteiger partial charge < -0.3 is 0 Å². The van der Waals surface area contributed by atoms with Crippen LogP contribution in [0.4, 0.5) is 0 Å². The molecule has 2 heteroatoms. The molecule has 0 saturated heterocycles. The average molecular weight is 236 g/mol. The molecule has 0 amide bonds. The maximum absolute atomic E-state index is 5.00. The Labute approximate surface area is 66.3 Å². The van der Waals surface area contributed by atoms with Gasteiger partial charge in [0.2, 0.25) is 0 Å². The quantitative estimate of drug-likeness (QED) is 0.483. The van der Waals surface area contributed by atoms with Gasteiger partial charge in [0.15, 0.2) is 0 Å². The van der Waals surface area contributed by atoms with Crippen LogP contribution in [0.2, 0.25) is 0 Å². The number of alkyl halides is 1. The lowest BCUT2D eigenvalue weighted by atomic mass is 10.3. The summed E-state index contributed by atoms with van der Waals surface area (Å²) < 4.78 is 0. The summed E-state index contributed by atoms with van der Waals surface area (Å²) in [6.45, 7) is 0. The van der Waals surface area contributed by atoms with Gasteiger partial charge in [-0.3, -0.25) is 0 Å². The Morgan fingerprint density at radius 2 is 2.25 bits per heavy atom. The molecule has 0 heterocycles. The van der Waals surface area contributed by atoms with E-state index < -0.39 is 0 Å². The molecule has 0 bridgehead atoms. The monoisotopic (exact) mass is 234 g/mol. The molecule has 0 aromatic rings. The van der Waals surface area contributed by atoms with Gasteiger partial charge in [-0.15, -0.1) is 12.3 Å². The summed E-state index contributed by atoms with van der Waals surface area (Å²) in [5.74, 6) is 5.27. The van der Waals surface area contributed by atoms with Crippen molar-refractivity contribution >= 4 is 31.9 Å². The molecule has 0 N–H and O–H groups in total. The first-order valence-electron chi connectivity index (χ1n) is 2.00. The minimum Gasteiger partial charge on any atom is -0.120 e. The van der Waals surface area contributed by atoms with E-state index in [1.54, 1.807) is 0 Å². The van der Waals surface area contributed by atoms with Gasteiger partial charge in [-0.1, -0.05) is 21.9 Å². The van der Waals surface area contributed by atoms with Gasteiger partial charge in [0.05, 0.1) is 4.83 Å². The number of hydrogen-bond acceptors (Lipinski definition) is 0. The van der Waals surface area contributed by atoms with E-state index in [0.29, 0.717) is 6.42 Å². The second kappa shape index (κ2) is 5.22. The summed E-state index contributed by atoms with van der Waals surface area (Å²) in [6.07, 6.45) is 5.65. The Morgan fingerprint density at radius 1 is 1.62 bits per heavy atom. The second-order valence-corrected chi connectivity index (χ2v) is 2.62. The number of rotatable bonds is 1. The highest BCUT2D eigenvalue weighted by Crippen LogP contribution is 2.01. The predicted molar refractivity (Wildman–Crippen MR) is 42.9 cm³/mol. The fourth-order valence-corrected chi connectivity index (χ4v) is 1.10. The van der Waals surface area contributed by atoms with Crippen molar-refractivity contribution in [3.63, 3.8) is 0 Å². The number of hydrogen-bond donors (Lipinski definition) is 0. The summed E-state index contributed by atoms with van der Waals surface area (Å²) in [5, 5.41) is 0. The van der Waals surface area contributed by atoms with E-state index in [-0.39, 0.29) is 4.83 Å². The predicted octanol–water partition coefficient (Wildman–Crippen LogP) is 2.13. The molecular formula is C6H4Br2. The first-order valence-corrected chi connectivity index (χ1v) is 3.71. The molecule has 0 aliphatic heterocycles. The largest absolute Gasteiger partial charge is 0.120 e. The highest BCUT2D eigenvalue weighted by molar-refractivity contribution is 9.12. The van der Waals surface area contributed by atoms with Crippen molar-refractivity contribution in [2.75, 3.05) is 0 Å². The van der Waals surface area contributed by atoms with Crippen molar-refractivity contribution in [2.45, 2.75) is 11.2 Å². The molecule has 0 aromatic carbocycles. The van der Waals surface area contributed by atoms with Gasteiger partial charge in [0, 0.05) is 22.4 Å². The zero-order chi connectivity index (χ0) is 6.41. The zero-order valence-electron chi connectivity index (χ0n) is 4.12. The van der Waals surface area contributed by atoms with Gasteiger partial charge in [0.1, 0.15) is 0 Å². The Kier molecular flexibility index (Phi) is 5.27. The lowest BCUT2D eigenvalue weighted by molar-refractivity contribution is 1.17. The van der Waals surface area contributed by atoms with Crippen molar-refractivity contribution < 1.29 is 0 Å². The molecule has 0 radical (unpaired) electrons. The highest BCUT2D eigenvalue weighted by atomic mass is 79.9. The van der Waals surface area contributed by atoms with Gasteiger partial charge in [-0.2, -0.15) is 0 Å². The van der Waals surface area contributed by atoms with Gasteiger partial charge in [-0.05, 0) is 4.83 Å². The van der Waals surface area contributed by atoms with Crippen LogP contribution in [0.1, 0.15) is 6.42 Å². The molecule has 0 aromatic heterocycles. The van der Waals surface area contributed by atoms with Crippen molar-refractivity contribution in [3.8, 4) is 23.1 Å². The maximum atomic E-state index is 5.00. The molecular weight excluding hydrogens is 232 g/mol. The third-order valence-corrected chi connectivity index (χ3v) is 1.29. The molecule has 0 fully saturated rings. The van der Waals surface area contributed by atoms with Crippen LogP contribution < -0.4 is 0 Å². The topological polar surface area (TPSA) is 0 Å². The fourth-order valence-electron chi connectivity index (χ4n) is 0.214. The molecule has 0 aliphatic carbocycles. The molecule has 0 aliphatic rings. The van der Waals surface area contributed by atoms with Crippen molar-refractivity contribution in [2.24, 2.45) is 0 Å². The normalized spacial score (nSPS) is 10.6. The Hall–Kier alpha value is 0.0800. The zero-order valence-corrected chi connectivity index (χ0v) is 7.29. The molecule has 42 valence electrons. The van der Waals surface area contributed by atoms with Gasteiger partial charge in [-0.25, -0.2) is 0 Å². The molecule has 8 heavy (non-hydrogen) atoms. The van der Waals surface area contributed by atoms with Crippen LogP contribution in [0.5, 0.6) is 0 Å². The molecule has 0 saturated carbocycles. The smallest absolute Gasteiger partial charge is 0.0872 e. The van der Waals surface area contributed by atoms with Gasteiger partial charge >= 0.3 is 0 Å². The lowest BCUT2D eigenvalue weighted by Gasteiger charge is -1.88. The van der Waals surface area contributed by atoms with Crippen LogP contribution in [-0.4, -0.2) is 4.83 Å². The van der Waals surface area contributed by atoms with E-state index in [1.165, 1.54) is 0 Å². The van der Waals surface area contributed by atoms with Crippen LogP contribution >= 0.6 is 31.9 Å². The van der Waals surface area contributed by atoms with Gasteiger partial charge in [0.25, 0.3) is 0 Å². The van der Waals surface area contributed by atoms with Crippen LogP contribution in [0.25, 0.3) is 0 Å². The van der Waals surface area contributed by atoms with E-state index in [9.17, 15) is 0 Å². The fraction of sp³-hybridized carbons (Fsp3) is 0.333. The van der Waals surface area contributed by atoms with Crippen LogP contribution in [0, 0.1) is 23.1 Å². The number of terminal acetylenes is 1. The third-order valence-electron chi connectivity index (χ3n) is 0.508. The third kappa shape index (κ3) is 4.24. The van der Waals surface area contributed by atoms with E-state index in [2.05, 4.69) is 48.5 Å². The second-order valence-electron chi connectivity index (χ2n) is 1.11. The minimum absolute atomic E-state index is 0.131. The lowest BCUT2D eigenvalue weighted by Crippen LogP contribution is -1.87.